The average Bonchev–Trinajstić information content (AvgIpc) is 3.40. The molecule has 0 saturated carbocycles. The summed E-state index contributed by atoms with van der Waals surface area (Å²) in [6.07, 6.45) is 1.54. The van der Waals surface area contributed by atoms with E-state index in [0.29, 0.717) is 54.4 Å². The van der Waals surface area contributed by atoms with E-state index in [2.05, 4.69) is 55.1 Å². The number of nitrogens with one attached hydrogen (secondary N) is 3. The minimum absolute atomic E-state index is 0.00425. The number of carbonyl (C=O) groups is 4. The van der Waals surface area contributed by atoms with Crippen LogP contribution in [0.15, 0.2) is 60.8 Å². The summed E-state index contributed by atoms with van der Waals surface area (Å²) in [6, 6.07) is 15.7. The lowest BCUT2D eigenvalue weighted by Crippen LogP contribution is -2.54. The van der Waals surface area contributed by atoms with Crippen molar-refractivity contribution in [2.75, 3.05) is 62.2 Å². The Kier molecular flexibility index (Phi) is 10.3. The summed E-state index contributed by atoms with van der Waals surface area (Å²) in [5, 5.41) is 10.4. The summed E-state index contributed by atoms with van der Waals surface area (Å²) < 4.78 is 21.6. The van der Waals surface area contributed by atoms with Crippen LogP contribution in [-0.2, 0) is 16.1 Å². The zero-order valence-corrected chi connectivity index (χ0v) is 30.9. The molecule has 7 rings (SSSR count). The molecule has 0 radical (unpaired) electrons. The molecule has 4 aromatic rings. The lowest BCUT2D eigenvalue weighted by molar-refractivity contribution is -0.136. The Balaban J connectivity index is 0.992. The maximum absolute atomic E-state index is 15.8. The zero-order chi connectivity index (χ0) is 37.4. The number of fused-ring (bicyclic) bond motifs is 1. The molecule has 0 bridgehead atoms. The number of piperidine rings is 1. The first kappa shape index (κ1) is 36.2. The Labute approximate surface area is 311 Å². The number of hydrogen-bond donors (Lipinski definition) is 3. The fourth-order valence-electron chi connectivity index (χ4n) is 6.80. The number of imide groups is 2. The Morgan fingerprint density at radius 2 is 1.75 bits per heavy atom. The summed E-state index contributed by atoms with van der Waals surface area (Å²) in [5.41, 5.74) is 2.44. The number of carbonyl (C=O) groups excluding carboxylic acids is 4. The number of hydrogen-bond acceptors (Lipinski definition) is 11. The summed E-state index contributed by atoms with van der Waals surface area (Å²) in [5.74, 6) is -2.14. The summed E-state index contributed by atoms with van der Waals surface area (Å²) >= 11 is 6.47. The number of aromatic nitrogens is 2. The van der Waals surface area contributed by atoms with Crippen LogP contribution in [0.4, 0.5) is 33.2 Å². The number of rotatable bonds is 10. The van der Waals surface area contributed by atoms with Crippen LogP contribution < -0.4 is 30.9 Å². The van der Waals surface area contributed by atoms with Gasteiger partial charge in [-0.25, -0.2) is 9.37 Å². The van der Waals surface area contributed by atoms with Crippen LogP contribution in [0.3, 0.4) is 0 Å². The SMILES string of the molecule is COc1cc(N2CCN(Cc3ccc4c(c3F)C(=O)N(C3CCC(=O)NC3=O)C4=O)CC2)ccc1Nc1ncc(Cl)c(Nc2ccccc2P(C)C)n1. The van der Waals surface area contributed by atoms with Gasteiger partial charge in [0, 0.05) is 62.1 Å². The molecule has 53 heavy (non-hydrogen) atoms. The Morgan fingerprint density at radius 3 is 2.49 bits per heavy atom. The number of amides is 4. The molecule has 4 heterocycles. The lowest BCUT2D eigenvalue weighted by atomic mass is 10.0. The number of anilines is 5. The van der Waals surface area contributed by atoms with Crippen LogP contribution in [0.1, 0.15) is 39.1 Å². The van der Waals surface area contributed by atoms with Crippen LogP contribution in [-0.4, -0.2) is 96.1 Å². The third-order valence-corrected chi connectivity index (χ3v) is 11.2. The molecule has 4 amide bonds. The van der Waals surface area contributed by atoms with Gasteiger partial charge in [-0.05, 0) is 49.3 Å². The van der Waals surface area contributed by atoms with Gasteiger partial charge in [-0.3, -0.25) is 34.3 Å². The summed E-state index contributed by atoms with van der Waals surface area (Å²) in [6.45, 7) is 7.14. The highest BCUT2D eigenvalue weighted by atomic mass is 35.5. The molecule has 1 unspecified atom stereocenters. The number of nitrogens with zero attached hydrogens (tertiary/aromatic N) is 5. The quantitative estimate of drug-likeness (QED) is 0.151. The van der Waals surface area contributed by atoms with Crippen molar-refractivity contribution in [3.63, 3.8) is 0 Å². The van der Waals surface area contributed by atoms with E-state index in [9.17, 15) is 19.2 Å². The molecule has 3 aliphatic heterocycles. The largest absolute Gasteiger partial charge is 0.494 e. The van der Waals surface area contributed by atoms with Crippen LogP contribution >= 0.6 is 19.5 Å². The average molecular weight is 759 g/mol. The maximum Gasteiger partial charge on any atom is 0.265 e. The molecule has 3 aromatic carbocycles. The van der Waals surface area contributed by atoms with Gasteiger partial charge in [0.1, 0.15) is 22.6 Å². The molecule has 16 heteroatoms. The van der Waals surface area contributed by atoms with Gasteiger partial charge >= 0.3 is 0 Å². The molecule has 3 aliphatic rings. The summed E-state index contributed by atoms with van der Waals surface area (Å²) in [4.78, 5) is 64.4. The minimum atomic E-state index is -1.15. The second-order valence-corrected chi connectivity index (χ2v) is 15.8. The fraction of sp³-hybridized carbons (Fsp3) is 0.297. The number of ether oxygens (including phenoxy) is 1. The van der Waals surface area contributed by atoms with Crippen molar-refractivity contribution >= 4 is 77.3 Å². The van der Waals surface area contributed by atoms with Gasteiger partial charge in [0.2, 0.25) is 17.8 Å². The van der Waals surface area contributed by atoms with Gasteiger partial charge in [0.05, 0.1) is 30.1 Å². The highest BCUT2D eigenvalue weighted by Gasteiger charge is 2.46. The van der Waals surface area contributed by atoms with Gasteiger partial charge in [-0.15, -0.1) is 0 Å². The summed E-state index contributed by atoms with van der Waals surface area (Å²) in [7, 11) is 1.24. The topological polar surface area (TPSA) is 149 Å². The monoisotopic (exact) mass is 758 g/mol. The standard InChI is InChI=1S/C37H37ClFN8O5P/c1-52-28-18-22(9-11-25(28)42-37-40-19-24(38)33(44-37)41-26-6-4-5-7-29(26)53(2)3)46-16-14-45(15-17-46)20-21-8-10-23-31(32(21)39)36(51)47(35(23)50)27-12-13-30(48)43-34(27)49/h4-11,18-19,27H,12-17,20H2,1-3H3,(H,43,48,49)(H2,40,41,42,44). The molecular formula is C37H37ClFN8O5P. The van der Waals surface area contributed by atoms with Gasteiger partial charge in [-0.1, -0.05) is 43.8 Å². The first-order valence-corrected chi connectivity index (χ1v) is 19.6. The minimum Gasteiger partial charge on any atom is -0.494 e. The van der Waals surface area contributed by atoms with Gasteiger partial charge in [0.15, 0.2) is 5.82 Å². The van der Waals surface area contributed by atoms with Crippen LogP contribution in [0, 0.1) is 5.82 Å². The predicted molar refractivity (Wildman–Crippen MR) is 202 cm³/mol. The third kappa shape index (κ3) is 7.26. The van der Waals surface area contributed by atoms with Crippen molar-refractivity contribution in [1.29, 1.82) is 0 Å². The van der Waals surface area contributed by atoms with E-state index >= 15 is 4.39 Å². The third-order valence-electron chi connectivity index (χ3n) is 9.57. The highest BCUT2D eigenvalue weighted by Crippen LogP contribution is 2.35. The first-order valence-electron chi connectivity index (χ1n) is 17.0. The maximum atomic E-state index is 15.8. The Morgan fingerprint density at radius 1 is 0.981 bits per heavy atom. The number of piperazine rings is 1. The molecule has 3 N–H and O–H groups in total. The second-order valence-electron chi connectivity index (χ2n) is 13.1. The van der Waals surface area contributed by atoms with E-state index < -0.39 is 35.5 Å². The van der Waals surface area contributed by atoms with E-state index in [1.165, 1.54) is 17.4 Å². The molecule has 1 atom stereocenters. The Bertz CT molecular complexity index is 2130. The van der Waals surface area contributed by atoms with E-state index in [1.54, 1.807) is 13.3 Å². The van der Waals surface area contributed by atoms with Crippen molar-refractivity contribution in [2.45, 2.75) is 25.4 Å². The van der Waals surface area contributed by atoms with E-state index in [-0.39, 0.29) is 44.0 Å². The van der Waals surface area contributed by atoms with E-state index in [0.717, 1.165) is 16.3 Å². The first-order chi connectivity index (χ1) is 25.5. The second kappa shape index (κ2) is 15.1. The zero-order valence-electron chi connectivity index (χ0n) is 29.3. The van der Waals surface area contributed by atoms with Crippen molar-refractivity contribution in [1.82, 2.24) is 25.1 Å². The fourth-order valence-corrected chi connectivity index (χ4v) is 7.93. The number of benzene rings is 3. The number of methoxy groups -OCH3 is 1. The molecule has 2 fully saturated rings. The van der Waals surface area contributed by atoms with Crippen LogP contribution in [0.2, 0.25) is 5.02 Å². The van der Waals surface area contributed by atoms with Crippen LogP contribution in [0.25, 0.3) is 0 Å². The Hall–Kier alpha value is -5.17. The molecule has 274 valence electrons. The van der Waals surface area contributed by atoms with Gasteiger partial charge in [0.25, 0.3) is 11.8 Å². The molecule has 1 aromatic heterocycles. The van der Waals surface area contributed by atoms with Gasteiger partial charge < -0.3 is 20.3 Å². The smallest absolute Gasteiger partial charge is 0.265 e. The molecular weight excluding hydrogens is 722 g/mol. The lowest BCUT2D eigenvalue weighted by Gasteiger charge is -2.36. The number of halogens is 2. The van der Waals surface area contributed by atoms with Gasteiger partial charge in [-0.2, -0.15) is 4.98 Å². The molecule has 0 spiro atoms. The van der Waals surface area contributed by atoms with E-state index in [4.69, 9.17) is 16.3 Å². The van der Waals surface area contributed by atoms with E-state index in [1.807, 2.05) is 36.4 Å². The van der Waals surface area contributed by atoms with Crippen LogP contribution in [0.5, 0.6) is 5.75 Å². The highest BCUT2D eigenvalue weighted by molar-refractivity contribution is 7.64. The molecule has 2 saturated heterocycles. The molecule has 13 nitrogen and oxygen atoms in total. The normalized spacial score (nSPS) is 17.7. The van der Waals surface area contributed by atoms with Crippen molar-refractivity contribution in [3.8, 4) is 5.75 Å². The predicted octanol–water partition coefficient (Wildman–Crippen LogP) is 4.86. The molecule has 0 aliphatic carbocycles. The van der Waals surface area contributed by atoms with Crippen molar-refractivity contribution in [3.05, 3.63) is 88.3 Å². The van der Waals surface area contributed by atoms with Crippen molar-refractivity contribution < 1.29 is 28.3 Å². The van der Waals surface area contributed by atoms with Crippen molar-refractivity contribution in [2.24, 2.45) is 0 Å². The number of para-hydroxylation sites is 1.